The predicted octanol–water partition coefficient (Wildman–Crippen LogP) is 4.27. The van der Waals surface area contributed by atoms with E-state index in [9.17, 15) is 9.59 Å². The van der Waals surface area contributed by atoms with Crippen molar-refractivity contribution in [3.8, 4) is 0 Å². The van der Waals surface area contributed by atoms with Crippen LogP contribution < -0.4 is 0 Å². The van der Waals surface area contributed by atoms with Crippen LogP contribution in [0.4, 0.5) is 0 Å². The molecular formula is C21H16O3. The first-order chi connectivity index (χ1) is 11.7. The Bertz CT molecular complexity index is 822. The van der Waals surface area contributed by atoms with Gasteiger partial charge in [0.2, 0.25) is 0 Å². The number of esters is 1. The van der Waals surface area contributed by atoms with Crippen LogP contribution in [0, 0.1) is 0 Å². The van der Waals surface area contributed by atoms with Gasteiger partial charge in [0.05, 0.1) is 5.56 Å². The van der Waals surface area contributed by atoms with Gasteiger partial charge in [0.25, 0.3) is 0 Å². The maximum Gasteiger partial charge on any atom is 0.338 e. The fraction of sp³-hybridized carbons (Fsp3) is 0.0476. The molecule has 0 heterocycles. The lowest BCUT2D eigenvalue weighted by atomic mass is 10.0. The number of benzene rings is 3. The zero-order valence-corrected chi connectivity index (χ0v) is 13.0. The second-order valence-electron chi connectivity index (χ2n) is 5.33. The Labute approximate surface area is 140 Å². The first-order valence-electron chi connectivity index (χ1n) is 7.65. The molecule has 118 valence electrons. The third-order valence-electron chi connectivity index (χ3n) is 3.63. The van der Waals surface area contributed by atoms with E-state index in [1.165, 1.54) is 0 Å². The first kappa shape index (κ1) is 15.7. The zero-order valence-electron chi connectivity index (χ0n) is 13.0. The summed E-state index contributed by atoms with van der Waals surface area (Å²) in [5.41, 5.74) is 2.52. The fourth-order valence-electron chi connectivity index (χ4n) is 2.32. The maximum absolute atomic E-state index is 12.3. The van der Waals surface area contributed by atoms with Crippen LogP contribution in [0.15, 0.2) is 84.9 Å². The molecule has 0 unspecified atom stereocenters. The van der Waals surface area contributed by atoms with Crippen LogP contribution in [0.2, 0.25) is 0 Å². The molecule has 3 heteroatoms. The van der Waals surface area contributed by atoms with Crippen molar-refractivity contribution in [3.63, 3.8) is 0 Å². The van der Waals surface area contributed by atoms with Crippen LogP contribution in [0.3, 0.4) is 0 Å². The number of hydrogen-bond donors (Lipinski definition) is 0. The zero-order chi connectivity index (χ0) is 16.8. The van der Waals surface area contributed by atoms with Crippen molar-refractivity contribution < 1.29 is 14.3 Å². The molecule has 0 saturated carbocycles. The van der Waals surface area contributed by atoms with Gasteiger partial charge in [-0.25, -0.2) is 4.79 Å². The lowest BCUT2D eigenvalue weighted by Crippen LogP contribution is -2.06. The lowest BCUT2D eigenvalue weighted by molar-refractivity contribution is 0.0472. The van der Waals surface area contributed by atoms with E-state index >= 15 is 0 Å². The standard InChI is InChI=1S/C21H16O3/c22-20(17-9-5-2-6-10-17)18-11-13-19(14-12-18)21(23)24-15-16-7-3-1-4-8-16/h1-14H,15H2. The highest BCUT2D eigenvalue weighted by molar-refractivity contribution is 6.09. The summed E-state index contributed by atoms with van der Waals surface area (Å²) in [6.07, 6.45) is 0. The Balaban J connectivity index is 1.66. The molecule has 3 aromatic rings. The molecular weight excluding hydrogens is 300 g/mol. The molecule has 0 aromatic heterocycles. The SMILES string of the molecule is O=C(OCc1ccccc1)c1ccc(C(=O)c2ccccc2)cc1. The van der Waals surface area contributed by atoms with Crippen LogP contribution in [0.1, 0.15) is 31.8 Å². The number of ether oxygens (including phenoxy) is 1. The Morgan fingerprint density at radius 1 is 0.625 bits per heavy atom. The smallest absolute Gasteiger partial charge is 0.338 e. The number of carbonyl (C=O) groups excluding carboxylic acids is 2. The minimum atomic E-state index is -0.405. The summed E-state index contributed by atoms with van der Waals surface area (Å²) in [5, 5.41) is 0. The summed E-state index contributed by atoms with van der Waals surface area (Å²) in [6.45, 7) is 0.227. The van der Waals surface area contributed by atoms with Gasteiger partial charge in [0.1, 0.15) is 6.61 Å². The number of hydrogen-bond acceptors (Lipinski definition) is 3. The van der Waals surface area contributed by atoms with Gasteiger partial charge in [0, 0.05) is 11.1 Å². The van der Waals surface area contributed by atoms with Crippen molar-refractivity contribution in [2.24, 2.45) is 0 Å². The van der Waals surface area contributed by atoms with Crippen LogP contribution in [-0.4, -0.2) is 11.8 Å². The van der Waals surface area contributed by atoms with E-state index in [-0.39, 0.29) is 12.4 Å². The molecule has 0 N–H and O–H groups in total. The summed E-state index contributed by atoms with van der Waals surface area (Å²) in [6, 6.07) is 25.1. The molecule has 0 aliphatic heterocycles. The molecule has 0 fully saturated rings. The van der Waals surface area contributed by atoms with E-state index in [0.717, 1.165) is 5.56 Å². The van der Waals surface area contributed by atoms with Gasteiger partial charge in [0.15, 0.2) is 5.78 Å². The topological polar surface area (TPSA) is 43.4 Å². The lowest BCUT2D eigenvalue weighted by Gasteiger charge is -2.06. The number of rotatable bonds is 5. The molecule has 3 nitrogen and oxygen atoms in total. The summed E-state index contributed by atoms with van der Waals surface area (Å²) in [7, 11) is 0. The van der Waals surface area contributed by atoms with Crippen molar-refractivity contribution in [1.82, 2.24) is 0 Å². The fourth-order valence-corrected chi connectivity index (χ4v) is 2.32. The van der Waals surface area contributed by atoms with Gasteiger partial charge in [-0.15, -0.1) is 0 Å². The molecule has 0 atom stereocenters. The van der Waals surface area contributed by atoms with Crippen molar-refractivity contribution in [1.29, 1.82) is 0 Å². The highest BCUT2D eigenvalue weighted by atomic mass is 16.5. The molecule has 3 rings (SSSR count). The van der Waals surface area contributed by atoms with E-state index < -0.39 is 5.97 Å². The third-order valence-corrected chi connectivity index (χ3v) is 3.63. The van der Waals surface area contributed by atoms with Gasteiger partial charge in [-0.1, -0.05) is 72.8 Å². The largest absolute Gasteiger partial charge is 0.457 e. The number of carbonyl (C=O) groups is 2. The summed E-state index contributed by atoms with van der Waals surface area (Å²) in [4.78, 5) is 24.4. The molecule has 0 bridgehead atoms. The molecule has 0 aliphatic carbocycles. The third kappa shape index (κ3) is 3.76. The second kappa shape index (κ2) is 7.38. The first-order valence-corrected chi connectivity index (χ1v) is 7.65. The van der Waals surface area contributed by atoms with E-state index in [0.29, 0.717) is 16.7 Å². The molecule has 0 aliphatic rings. The summed E-state index contributed by atoms with van der Waals surface area (Å²) < 4.78 is 5.28. The maximum atomic E-state index is 12.3. The minimum Gasteiger partial charge on any atom is -0.457 e. The summed E-state index contributed by atoms with van der Waals surface area (Å²) >= 11 is 0. The average Bonchev–Trinajstić information content (AvgIpc) is 2.67. The van der Waals surface area contributed by atoms with Crippen molar-refractivity contribution in [2.75, 3.05) is 0 Å². The van der Waals surface area contributed by atoms with E-state index in [4.69, 9.17) is 4.74 Å². The van der Waals surface area contributed by atoms with Gasteiger partial charge in [-0.05, 0) is 17.7 Å². The van der Waals surface area contributed by atoms with Gasteiger partial charge >= 0.3 is 5.97 Å². The van der Waals surface area contributed by atoms with E-state index in [1.54, 1.807) is 36.4 Å². The highest BCUT2D eigenvalue weighted by Crippen LogP contribution is 2.12. The van der Waals surface area contributed by atoms with Crippen molar-refractivity contribution in [3.05, 3.63) is 107 Å². The minimum absolute atomic E-state index is 0.0696. The Kier molecular flexibility index (Phi) is 4.82. The second-order valence-corrected chi connectivity index (χ2v) is 5.33. The van der Waals surface area contributed by atoms with Crippen LogP contribution >= 0.6 is 0 Å². The molecule has 0 radical (unpaired) electrons. The molecule has 3 aromatic carbocycles. The Hall–Kier alpha value is -3.20. The Morgan fingerprint density at radius 3 is 1.75 bits per heavy atom. The van der Waals surface area contributed by atoms with Crippen LogP contribution in [0.5, 0.6) is 0 Å². The monoisotopic (exact) mass is 316 g/mol. The Morgan fingerprint density at radius 2 is 1.12 bits per heavy atom. The highest BCUT2D eigenvalue weighted by Gasteiger charge is 2.11. The van der Waals surface area contributed by atoms with Gasteiger partial charge < -0.3 is 4.74 Å². The quantitative estimate of drug-likeness (QED) is 0.521. The average molecular weight is 316 g/mol. The van der Waals surface area contributed by atoms with Crippen molar-refractivity contribution in [2.45, 2.75) is 6.61 Å². The number of ketones is 1. The molecule has 0 saturated heterocycles. The normalized spacial score (nSPS) is 10.2. The predicted molar refractivity (Wildman–Crippen MR) is 91.9 cm³/mol. The van der Waals surface area contributed by atoms with E-state index in [1.807, 2.05) is 48.5 Å². The molecule has 0 amide bonds. The van der Waals surface area contributed by atoms with Crippen molar-refractivity contribution >= 4 is 11.8 Å². The molecule has 0 spiro atoms. The molecule has 24 heavy (non-hydrogen) atoms. The van der Waals surface area contributed by atoms with E-state index in [2.05, 4.69) is 0 Å². The van der Waals surface area contributed by atoms with Gasteiger partial charge in [-0.3, -0.25) is 4.79 Å². The van der Waals surface area contributed by atoms with Crippen LogP contribution in [0.25, 0.3) is 0 Å². The van der Waals surface area contributed by atoms with Gasteiger partial charge in [-0.2, -0.15) is 0 Å². The van der Waals surface area contributed by atoms with Crippen LogP contribution in [-0.2, 0) is 11.3 Å². The summed E-state index contributed by atoms with van der Waals surface area (Å²) in [5.74, 6) is -0.475.